The Hall–Kier alpha value is -2.21. The van der Waals surface area contributed by atoms with Crippen LogP contribution in [0.3, 0.4) is 0 Å². The van der Waals surface area contributed by atoms with Gasteiger partial charge < -0.3 is 10.1 Å². The number of hydrogen-bond donors (Lipinski definition) is 1. The van der Waals surface area contributed by atoms with Crippen molar-refractivity contribution in [3.05, 3.63) is 35.4 Å². The monoisotopic (exact) mass is 243 g/mol. The Morgan fingerprint density at radius 3 is 2.44 bits per heavy atom. The second-order valence-electron chi connectivity index (χ2n) is 3.87. The molecule has 0 aliphatic heterocycles. The van der Waals surface area contributed by atoms with E-state index in [0.717, 1.165) is 16.9 Å². The lowest BCUT2D eigenvalue weighted by atomic mass is 10.0. The van der Waals surface area contributed by atoms with Crippen LogP contribution in [0, 0.1) is 12.3 Å². The van der Waals surface area contributed by atoms with Crippen LogP contribution in [-0.2, 0) is 4.79 Å². The number of ether oxygens (including phenoxy) is 1. The zero-order valence-electron chi connectivity index (χ0n) is 10.9. The minimum Gasteiger partial charge on any atom is -0.497 e. The number of rotatable bonds is 4. The molecule has 1 aromatic carbocycles. The number of nitrogens with one attached hydrogen (secondary N) is 1. The number of hydrogen-bond acceptors (Lipinski definition) is 2. The van der Waals surface area contributed by atoms with Gasteiger partial charge in [-0.15, -0.1) is 6.42 Å². The van der Waals surface area contributed by atoms with Gasteiger partial charge >= 0.3 is 0 Å². The number of carbonyl (C=O) groups is 1. The van der Waals surface area contributed by atoms with Crippen LogP contribution in [0.1, 0.15) is 19.4 Å². The molecule has 0 aromatic heterocycles. The van der Waals surface area contributed by atoms with Crippen molar-refractivity contribution in [2.45, 2.75) is 13.8 Å². The number of benzene rings is 1. The highest BCUT2D eigenvalue weighted by Crippen LogP contribution is 2.21. The molecule has 0 radical (unpaired) electrons. The van der Waals surface area contributed by atoms with Crippen LogP contribution in [0.2, 0.25) is 0 Å². The first-order chi connectivity index (χ1) is 8.60. The lowest BCUT2D eigenvalue weighted by Crippen LogP contribution is -2.24. The molecular formula is C15H17NO2. The highest BCUT2D eigenvalue weighted by molar-refractivity contribution is 6.00. The molecule has 3 heteroatoms. The van der Waals surface area contributed by atoms with Gasteiger partial charge in [0.15, 0.2) is 0 Å². The third-order valence-corrected chi connectivity index (χ3v) is 2.78. The fourth-order valence-electron chi connectivity index (χ4n) is 1.49. The van der Waals surface area contributed by atoms with Gasteiger partial charge in [0.25, 0.3) is 0 Å². The van der Waals surface area contributed by atoms with Crippen LogP contribution in [0.15, 0.2) is 29.8 Å². The Labute approximate surface area is 108 Å². The Bertz CT molecular complexity index is 492. The highest BCUT2D eigenvalue weighted by Gasteiger charge is 2.08. The summed E-state index contributed by atoms with van der Waals surface area (Å²) in [6.07, 6.45) is 5.10. The zero-order valence-corrected chi connectivity index (χ0v) is 10.9. The Morgan fingerprint density at radius 2 is 1.94 bits per heavy atom. The Morgan fingerprint density at radius 1 is 1.33 bits per heavy atom. The Balaban J connectivity index is 2.92. The fourth-order valence-corrected chi connectivity index (χ4v) is 1.49. The molecule has 0 atom stereocenters. The van der Waals surface area contributed by atoms with E-state index in [2.05, 4.69) is 11.2 Å². The summed E-state index contributed by atoms with van der Waals surface area (Å²) in [6.45, 7) is 3.93. The van der Waals surface area contributed by atoms with E-state index in [9.17, 15) is 4.79 Å². The van der Waals surface area contributed by atoms with E-state index < -0.39 is 0 Å². The first-order valence-corrected chi connectivity index (χ1v) is 5.63. The molecule has 1 aromatic rings. The average Bonchev–Trinajstić information content (AvgIpc) is 2.43. The molecule has 0 saturated heterocycles. The van der Waals surface area contributed by atoms with Crippen molar-refractivity contribution < 1.29 is 9.53 Å². The predicted octanol–water partition coefficient (Wildman–Crippen LogP) is 2.24. The van der Waals surface area contributed by atoms with E-state index in [4.69, 9.17) is 11.2 Å². The summed E-state index contributed by atoms with van der Waals surface area (Å²) in [4.78, 5) is 11.8. The van der Waals surface area contributed by atoms with Gasteiger partial charge in [-0.3, -0.25) is 4.79 Å². The van der Waals surface area contributed by atoms with Crippen molar-refractivity contribution in [2.24, 2.45) is 0 Å². The highest BCUT2D eigenvalue weighted by atomic mass is 16.5. The van der Waals surface area contributed by atoms with Crippen molar-refractivity contribution in [1.82, 2.24) is 5.32 Å². The van der Waals surface area contributed by atoms with Gasteiger partial charge in [0.2, 0.25) is 5.91 Å². The maximum Gasteiger partial charge on any atom is 0.247 e. The fraction of sp³-hybridized carbons (Fsp3) is 0.267. The maximum absolute atomic E-state index is 11.8. The summed E-state index contributed by atoms with van der Waals surface area (Å²) in [7, 11) is 1.62. The molecule has 0 heterocycles. The normalized spacial score (nSPS) is 11.2. The van der Waals surface area contributed by atoms with Crippen LogP contribution in [0.5, 0.6) is 5.75 Å². The number of carbonyl (C=O) groups excluding carboxylic acids is 1. The van der Waals surface area contributed by atoms with Crippen LogP contribution in [0.25, 0.3) is 5.57 Å². The summed E-state index contributed by atoms with van der Waals surface area (Å²) in [5.74, 6) is 3.03. The third kappa shape index (κ3) is 3.39. The van der Waals surface area contributed by atoms with E-state index in [0.29, 0.717) is 5.57 Å². The first kappa shape index (κ1) is 13.9. The molecule has 0 aliphatic carbocycles. The van der Waals surface area contributed by atoms with Crippen LogP contribution >= 0.6 is 0 Å². The molecule has 3 nitrogen and oxygen atoms in total. The number of methoxy groups -OCH3 is 1. The molecule has 18 heavy (non-hydrogen) atoms. The van der Waals surface area contributed by atoms with Crippen molar-refractivity contribution in [3.63, 3.8) is 0 Å². The van der Waals surface area contributed by atoms with Crippen molar-refractivity contribution >= 4 is 11.5 Å². The summed E-state index contributed by atoms with van der Waals surface area (Å²) >= 11 is 0. The van der Waals surface area contributed by atoms with Gasteiger partial charge in [-0.05, 0) is 37.1 Å². The number of amides is 1. The maximum atomic E-state index is 11.8. The second kappa shape index (κ2) is 6.51. The quantitative estimate of drug-likeness (QED) is 0.650. The van der Waals surface area contributed by atoms with E-state index in [1.807, 2.05) is 31.2 Å². The van der Waals surface area contributed by atoms with E-state index in [1.54, 1.807) is 14.0 Å². The number of terminal acetylenes is 1. The third-order valence-electron chi connectivity index (χ3n) is 2.78. The topological polar surface area (TPSA) is 38.3 Å². The molecule has 1 rings (SSSR count). The lowest BCUT2D eigenvalue weighted by Gasteiger charge is -2.08. The molecule has 0 saturated carbocycles. The summed E-state index contributed by atoms with van der Waals surface area (Å²) in [5, 5.41) is 2.65. The second-order valence-corrected chi connectivity index (χ2v) is 3.87. The first-order valence-electron chi connectivity index (χ1n) is 5.63. The molecule has 0 fully saturated rings. The largest absolute Gasteiger partial charge is 0.497 e. The molecule has 0 aliphatic rings. The predicted molar refractivity (Wildman–Crippen MR) is 73.1 cm³/mol. The Kier molecular flexibility index (Phi) is 5.01. The molecular weight excluding hydrogens is 226 g/mol. The minimum atomic E-state index is -0.138. The van der Waals surface area contributed by atoms with Crippen LogP contribution in [0.4, 0.5) is 0 Å². The van der Waals surface area contributed by atoms with Gasteiger partial charge in [0.05, 0.1) is 13.7 Å². The van der Waals surface area contributed by atoms with E-state index in [-0.39, 0.29) is 12.5 Å². The van der Waals surface area contributed by atoms with Gasteiger partial charge in [-0.2, -0.15) is 0 Å². The zero-order chi connectivity index (χ0) is 13.5. The van der Waals surface area contributed by atoms with Crippen molar-refractivity contribution in [3.8, 4) is 18.1 Å². The van der Waals surface area contributed by atoms with E-state index in [1.165, 1.54) is 0 Å². The van der Waals surface area contributed by atoms with Crippen LogP contribution < -0.4 is 10.1 Å². The SMILES string of the molecule is C#CCNC(=O)C(C)=C(C)c1ccc(OC)cc1. The standard InChI is InChI=1S/C15H17NO2/c1-5-10-16-15(17)12(3)11(2)13-6-8-14(18-4)9-7-13/h1,6-9H,10H2,2-4H3,(H,16,17). The molecule has 1 amide bonds. The van der Waals surface area contributed by atoms with Crippen molar-refractivity contribution in [2.75, 3.05) is 13.7 Å². The van der Waals surface area contributed by atoms with Crippen molar-refractivity contribution in [1.29, 1.82) is 0 Å². The summed E-state index contributed by atoms with van der Waals surface area (Å²) in [6, 6.07) is 7.58. The number of allylic oxidation sites excluding steroid dienone is 1. The summed E-state index contributed by atoms with van der Waals surface area (Å²) < 4.78 is 5.09. The van der Waals surface area contributed by atoms with Gasteiger partial charge in [0, 0.05) is 5.57 Å². The van der Waals surface area contributed by atoms with Crippen LogP contribution in [-0.4, -0.2) is 19.6 Å². The smallest absolute Gasteiger partial charge is 0.247 e. The molecule has 0 bridgehead atoms. The molecule has 0 spiro atoms. The lowest BCUT2D eigenvalue weighted by molar-refractivity contribution is -0.117. The van der Waals surface area contributed by atoms with Gasteiger partial charge in [0.1, 0.15) is 5.75 Å². The van der Waals surface area contributed by atoms with E-state index >= 15 is 0 Å². The average molecular weight is 243 g/mol. The summed E-state index contributed by atoms with van der Waals surface area (Å²) in [5.41, 5.74) is 2.58. The molecule has 1 N–H and O–H groups in total. The van der Waals surface area contributed by atoms with Gasteiger partial charge in [-0.1, -0.05) is 18.1 Å². The molecule has 0 unspecified atom stereocenters. The minimum absolute atomic E-state index is 0.138. The van der Waals surface area contributed by atoms with Gasteiger partial charge in [-0.25, -0.2) is 0 Å². The molecule has 94 valence electrons.